The van der Waals surface area contributed by atoms with Gasteiger partial charge in [-0.25, -0.2) is 0 Å². The third-order valence-corrected chi connectivity index (χ3v) is 8.35. The fraction of sp³-hybridized carbons (Fsp3) is 0. The molecule has 2 aromatic heterocycles. The average Bonchev–Trinajstić information content (AvgIpc) is 3.54. The van der Waals surface area contributed by atoms with Crippen LogP contribution in [0, 0.1) is 0 Å². The van der Waals surface area contributed by atoms with Crippen molar-refractivity contribution >= 4 is 65.3 Å². The number of furan rings is 1. The van der Waals surface area contributed by atoms with E-state index < -0.39 is 0 Å². The first-order valence-corrected chi connectivity index (χ1v) is 13.7. The number of nitrogens with zero attached hydrogens (tertiary/aromatic N) is 1. The van der Waals surface area contributed by atoms with Gasteiger partial charge in [0.1, 0.15) is 11.2 Å². The molecule has 0 amide bonds. The van der Waals surface area contributed by atoms with Crippen molar-refractivity contribution < 1.29 is 4.42 Å². The zero-order chi connectivity index (χ0) is 26.2. The fourth-order valence-corrected chi connectivity index (χ4v) is 6.57. The molecule has 0 bridgehead atoms. The minimum absolute atomic E-state index is 0.922. The summed E-state index contributed by atoms with van der Waals surface area (Å²) in [6.07, 6.45) is 0. The summed E-state index contributed by atoms with van der Waals surface area (Å²) in [5.74, 6) is 0. The molecule has 0 unspecified atom stereocenters. The van der Waals surface area contributed by atoms with Crippen LogP contribution in [0.3, 0.4) is 0 Å². The first kappa shape index (κ1) is 21.6. The maximum atomic E-state index is 6.27. The van der Waals surface area contributed by atoms with E-state index >= 15 is 0 Å². The molecule has 0 N–H and O–H groups in total. The second kappa shape index (κ2) is 8.08. The van der Waals surface area contributed by atoms with E-state index in [4.69, 9.17) is 4.42 Å². The lowest BCUT2D eigenvalue weighted by Crippen LogP contribution is -1.94. The van der Waals surface area contributed by atoms with Crippen molar-refractivity contribution in [1.29, 1.82) is 0 Å². The molecule has 2 heterocycles. The average molecular weight is 510 g/mol. The molecule has 0 fully saturated rings. The molecule has 9 rings (SSSR count). The Kier molecular flexibility index (Phi) is 4.36. The summed E-state index contributed by atoms with van der Waals surface area (Å²) in [5.41, 5.74) is 7.82. The molecule has 0 aliphatic carbocycles. The van der Waals surface area contributed by atoms with Gasteiger partial charge in [0.05, 0.1) is 11.0 Å². The van der Waals surface area contributed by atoms with E-state index in [9.17, 15) is 0 Å². The Labute approximate surface area is 230 Å². The van der Waals surface area contributed by atoms with Crippen LogP contribution in [0.15, 0.2) is 144 Å². The van der Waals surface area contributed by atoms with Gasteiger partial charge in [-0.1, -0.05) is 97.1 Å². The summed E-state index contributed by atoms with van der Waals surface area (Å²) in [6, 6.07) is 50.2. The van der Waals surface area contributed by atoms with Crippen LogP contribution in [0.5, 0.6) is 0 Å². The van der Waals surface area contributed by atoms with Crippen LogP contribution in [-0.2, 0) is 0 Å². The molecular weight excluding hydrogens is 486 g/mol. The predicted octanol–water partition coefficient (Wildman–Crippen LogP) is 10.7. The molecule has 0 saturated heterocycles. The standard InChI is InChI=1S/C38H23NO/c1-2-13-27-25(10-1)21-32(29-15-4-3-14-28(27)29)24-11-9-12-26(20-24)39-35-18-7-5-16-30(35)33-23-38-34(22-36(33)39)31-17-6-8-19-37(31)40-38/h1-23H. The molecule has 0 aliphatic heterocycles. The number of rotatable bonds is 2. The van der Waals surface area contributed by atoms with E-state index in [0.29, 0.717) is 0 Å². The Morgan fingerprint density at radius 1 is 0.400 bits per heavy atom. The van der Waals surface area contributed by atoms with Crippen molar-refractivity contribution in [3.63, 3.8) is 0 Å². The van der Waals surface area contributed by atoms with Crippen LogP contribution in [0.25, 0.3) is 82.1 Å². The zero-order valence-corrected chi connectivity index (χ0v) is 21.6. The van der Waals surface area contributed by atoms with Crippen LogP contribution in [-0.4, -0.2) is 4.57 Å². The minimum atomic E-state index is 0.922. The second-order valence-corrected chi connectivity index (χ2v) is 10.6. The quantitative estimate of drug-likeness (QED) is 0.212. The topological polar surface area (TPSA) is 18.1 Å². The number of benzene rings is 7. The van der Waals surface area contributed by atoms with E-state index in [1.165, 1.54) is 54.5 Å². The molecule has 0 spiro atoms. The lowest BCUT2D eigenvalue weighted by Gasteiger charge is -2.13. The van der Waals surface area contributed by atoms with E-state index in [1.54, 1.807) is 0 Å². The number of hydrogen-bond acceptors (Lipinski definition) is 1. The smallest absolute Gasteiger partial charge is 0.136 e. The third-order valence-electron chi connectivity index (χ3n) is 8.35. The van der Waals surface area contributed by atoms with Gasteiger partial charge in [-0.15, -0.1) is 0 Å². The lowest BCUT2D eigenvalue weighted by molar-refractivity contribution is 0.669. The Balaban J connectivity index is 1.35. The molecule has 40 heavy (non-hydrogen) atoms. The van der Waals surface area contributed by atoms with Crippen LogP contribution in [0.4, 0.5) is 0 Å². The highest BCUT2D eigenvalue weighted by atomic mass is 16.3. The van der Waals surface area contributed by atoms with Crippen molar-refractivity contribution in [1.82, 2.24) is 4.57 Å². The van der Waals surface area contributed by atoms with Gasteiger partial charge in [-0.05, 0) is 75.1 Å². The molecule has 186 valence electrons. The Hall–Kier alpha value is -5.34. The zero-order valence-electron chi connectivity index (χ0n) is 21.6. The first-order valence-electron chi connectivity index (χ1n) is 13.7. The molecule has 2 heteroatoms. The maximum Gasteiger partial charge on any atom is 0.136 e. The SMILES string of the molecule is c1cc(-c2cc3ccccc3c3ccccc23)cc(-n2c3ccccc3c3cc4oc5ccccc5c4cc32)c1. The van der Waals surface area contributed by atoms with E-state index in [0.717, 1.165) is 27.6 Å². The second-order valence-electron chi connectivity index (χ2n) is 10.6. The number of para-hydroxylation sites is 2. The number of aromatic nitrogens is 1. The molecule has 2 nitrogen and oxygen atoms in total. The molecule has 0 aliphatic rings. The summed E-state index contributed by atoms with van der Waals surface area (Å²) in [6.45, 7) is 0. The fourth-order valence-electron chi connectivity index (χ4n) is 6.57. The maximum absolute atomic E-state index is 6.27. The van der Waals surface area contributed by atoms with Crippen molar-refractivity contribution in [2.24, 2.45) is 0 Å². The molecule has 0 radical (unpaired) electrons. The highest BCUT2D eigenvalue weighted by Gasteiger charge is 2.17. The van der Waals surface area contributed by atoms with Crippen LogP contribution in [0.1, 0.15) is 0 Å². The number of hydrogen-bond donors (Lipinski definition) is 0. The van der Waals surface area contributed by atoms with E-state index in [-0.39, 0.29) is 0 Å². The van der Waals surface area contributed by atoms with Crippen LogP contribution >= 0.6 is 0 Å². The first-order chi connectivity index (χ1) is 19.8. The Morgan fingerprint density at radius 2 is 1.12 bits per heavy atom. The van der Waals surface area contributed by atoms with Gasteiger partial charge in [0.25, 0.3) is 0 Å². The largest absolute Gasteiger partial charge is 0.456 e. The van der Waals surface area contributed by atoms with E-state index in [1.807, 2.05) is 12.1 Å². The molecular formula is C38H23NO. The molecule has 9 aromatic rings. The summed E-state index contributed by atoms with van der Waals surface area (Å²) in [7, 11) is 0. The Bertz CT molecular complexity index is 2440. The highest BCUT2D eigenvalue weighted by molar-refractivity contribution is 6.17. The summed E-state index contributed by atoms with van der Waals surface area (Å²) in [4.78, 5) is 0. The summed E-state index contributed by atoms with van der Waals surface area (Å²) >= 11 is 0. The van der Waals surface area contributed by atoms with Gasteiger partial charge in [0.2, 0.25) is 0 Å². The van der Waals surface area contributed by atoms with Gasteiger partial charge in [0.15, 0.2) is 0 Å². The predicted molar refractivity (Wildman–Crippen MR) is 169 cm³/mol. The molecule has 0 atom stereocenters. The minimum Gasteiger partial charge on any atom is -0.456 e. The van der Waals surface area contributed by atoms with E-state index in [2.05, 4.69) is 132 Å². The van der Waals surface area contributed by atoms with Gasteiger partial charge in [-0.2, -0.15) is 0 Å². The van der Waals surface area contributed by atoms with Gasteiger partial charge < -0.3 is 8.98 Å². The van der Waals surface area contributed by atoms with Gasteiger partial charge >= 0.3 is 0 Å². The summed E-state index contributed by atoms with van der Waals surface area (Å²) in [5, 5.41) is 9.81. The third kappa shape index (κ3) is 2.99. The molecule has 7 aromatic carbocycles. The van der Waals surface area contributed by atoms with Crippen molar-refractivity contribution in [3.05, 3.63) is 140 Å². The molecule has 0 saturated carbocycles. The Morgan fingerprint density at radius 3 is 2.02 bits per heavy atom. The normalized spacial score (nSPS) is 12.0. The lowest BCUT2D eigenvalue weighted by atomic mass is 9.93. The van der Waals surface area contributed by atoms with Crippen molar-refractivity contribution in [2.45, 2.75) is 0 Å². The monoisotopic (exact) mass is 509 g/mol. The summed E-state index contributed by atoms with van der Waals surface area (Å²) < 4.78 is 8.67. The van der Waals surface area contributed by atoms with Gasteiger partial charge in [0, 0.05) is 27.2 Å². The van der Waals surface area contributed by atoms with Crippen molar-refractivity contribution in [3.8, 4) is 16.8 Å². The van der Waals surface area contributed by atoms with Crippen molar-refractivity contribution in [2.75, 3.05) is 0 Å². The van der Waals surface area contributed by atoms with Crippen LogP contribution in [0.2, 0.25) is 0 Å². The van der Waals surface area contributed by atoms with Crippen LogP contribution < -0.4 is 0 Å². The number of fused-ring (bicyclic) bond motifs is 9. The van der Waals surface area contributed by atoms with Gasteiger partial charge in [-0.3, -0.25) is 0 Å². The highest BCUT2D eigenvalue weighted by Crippen LogP contribution is 2.40.